The van der Waals surface area contributed by atoms with E-state index >= 15 is 0 Å². The third kappa shape index (κ3) is 2.62. The van der Waals surface area contributed by atoms with E-state index in [-0.39, 0.29) is 5.69 Å². The monoisotopic (exact) mass is 250 g/mol. The van der Waals surface area contributed by atoms with Gasteiger partial charge in [0.05, 0.1) is 0 Å². The molecule has 0 aliphatic heterocycles. The van der Waals surface area contributed by atoms with Crippen LogP contribution in [-0.4, -0.2) is 30.6 Å². The van der Waals surface area contributed by atoms with Crippen molar-refractivity contribution in [2.75, 3.05) is 0 Å². The van der Waals surface area contributed by atoms with Gasteiger partial charge in [-0.3, -0.25) is 0 Å². The Hall–Kier alpha value is -1.89. The summed E-state index contributed by atoms with van der Waals surface area (Å²) in [7, 11) is 1.85. The highest BCUT2D eigenvalue weighted by molar-refractivity contribution is 7.99. The molecular weight excluding hydrogens is 240 g/mol. The van der Waals surface area contributed by atoms with E-state index in [1.54, 1.807) is 19.3 Å². The maximum absolute atomic E-state index is 10.9. The Morgan fingerprint density at radius 1 is 1.47 bits per heavy atom. The minimum atomic E-state index is -1.06. The van der Waals surface area contributed by atoms with Gasteiger partial charge in [-0.15, -0.1) is 0 Å². The maximum Gasteiger partial charge on any atom is 0.354 e. The smallest absolute Gasteiger partial charge is 0.354 e. The SMILES string of the molecule is Cc1cc(C(=O)O)nc(Sc2nccn2C)n1. The van der Waals surface area contributed by atoms with Crippen molar-refractivity contribution < 1.29 is 9.90 Å². The molecule has 17 heavy (non-hydrogen) atoms. The highest BCUT2D eigenvalue weighted by Crippen LogP contribution is 2.22. The first-order chi connectivity index (χ1) is 8.06. The van der Waals surface area contributed by atoms with Crippen LogP contribution in [0.25, 0.3) is 0 Å². The summed E-state index contributed by atoms with van der Waals surface area (Å²) in [5.74, 6) is -1.06. The Bertz CT molecular complexity index is 567. The molecule has 0 radical (unpaired) electrons. The molecule has 1 N–H and O–H groups in total. The second-order valence-electron chi connectivity index (χ2n) is 3.41. The van der Waals surface area contributed by atoms with E-state index in [1.807, 2.05) is 11.6 Å². The second-order valence-corrected chi connectivity index (χ2v) is 4.34. The number of aromatic nitrogens is 4. The average molecular weight is 250 g/mol. The lowest BCUT2D eigenvalue weighted by atomic mass is 10.3. The predicted octanol–water partition coefficient (Wildman–Crippen LogP) is 1.37. The molecule has 2 aromatic heterocycles. The number of imidazole rings is 1. The zero-order valence-electron chi connectivity index (χ0n) is 9.28. The Kier molecular flexibility index (Phi) is 3.10. The van der Waals surface area contributed by atoms with E-state index in [4.69, 9.17) is 5.11 Å². The first kappa shape index (κ1) is 11.6. The molecule has 6 nitrogen and oxygen atoms in total. The zero-order chi connectivity index (χ0) is 12.4. The van der Waals surface area contributed by atoms with Crippen LogP contribution in [-0.2, 0) is 7.05 Å². The van der Waals surface area contributed by atoms with Crippen LogP contribution in [0.1, 0.15) is 16.2 Å². The molecule has 0 amide bonds. The van der Waals surface area contributed by atoms with Gasteiger partial charge in [-0.2, -0.15) is 0 Å². The minimum Gasteiger partial charge on any atom is -0.477 e. The highest BCUT2D eigenvalue weighted by atomic mass is 32.2. The van der Waals surface area contributed by atoms with E-state index < -0.39 is 5.97 Å². The Labute approximate surface area is 102 Å². The summed E-state index contributed by atoms with van der Waals surface area (Å²) >= 11 is 1.23. The number of aromatic carboxylic acids is 1. The molecule has 0 fully saturated rings. The summed E-state index contributed by atoms with van der Waals surface area (Å²) < 4.78 is 1.82. The Morgan fingerprint density at radius 2 is 2.24 bits per heavy atom. The van der Waals surface area contributed by atoms with Gasteiger partial charge in [0.2, 0.25) is 0 Å². The summed E-state index contributed by atoms with van der Waals surface area (Å²) in [6.45, 7) is 1.73. The van der Waals surface area contributed by atoms with Gasteiger partial charge in [0.25, 0.3) is 0 Å². The van der Waals surface area contributed by atoms with Crippen LogP contribution >= 0.6 is 11.8 Å². The second kappa shape index (κ2) is 4.54. The first-order valence-electron chi connectivity index (χ1n) is 4.80. The molecule has 7 heteroatoms. The highest BCUT2D eigenvalue weighted by Gasteiger charge is 2.11. The summed E-state index contributed by atoms with van der Waals surface area (Å²) in [4.78, 5) is 23.1. The fourth-order valence-corrected chi connectivity index (χ4v) is 2.04. The van der Waals surface area contributed by atoms with Crippen LogP contribution in [0.3, 0.4) is 0 Å². The quantitative estimate of drug-likeness (QED) is 0.828. The standard InChI is InChI=1S/C10H10N4O2S/c1-6-5-7(8(15)16)13-9(12-6)17-10-11-3-4-14(10)2/h3-5H,1-2H3,(H,15,16). The normalized spacial score (nSPS) is 10.5. The molecule has 0 unspecified atom stereocenters. The molecule has 0 aliphatic carbocycles. The number of aryl methyl sites for hydroxylation is 2. The summed E-state index contributed by atoms with van der Waals surface area (Å²) in [5, 5.41) is 9.99. The van der Waals surface area contributed by atoms with E-state index in [9.17, 15) is 4.79 Å². The molecule has 0 spiro atoms. The Morgan fingerprint density at radius 3 is 2.82 bits per heavy atom. The van der Waals surface area contributed by atoms with Gasteiger partial charge in [-0.25, -0.2) is 19.7 Å². The van der Waals surface area contributed by atoms with Gasteiger partial charge in [0.1, 0.15) is 0 Å². The van der Waals surface area contributed by atoms with Crippen molar-refractivity contribution >= 4 is 17.7 Å². The van der Waals surface area contributed by atoms with Gasteiger partial charge in [0.15, 0.2) is 16.0 Å². The fourth-order valence-electron chi connectivity index (χ4n) is 1.23. The van der Waals surface area contributed by atoms with E-state index in [0.29, 0.717) is 16.0 Å². The van der Waals surface area contributed by atoms with Crippen LogP contribution < -0.4 is 0 Å². The minimum absolute atomic E-state index is 0.00536. The topological polar surface area (TPSA) is 80.9 Å². The van der Waals surface area contributed by atoms with Crippen molar-refractivity contribution in [2.45, 2.75) is 17.2 Å². The molecule has 2 heterocycles. The van der Waals surface area contributed by atoms with Crippen LogP contribution in [0.2, 0.25) is 0 Å². The number of hydrogen-bond donors (Lipinski definition) is 1. The molecule has 0 aliphatic rings. The van der Waals surface area contributed by atoms with E-state index in [0.717, 1.165) is 0 Å². The third-order valence-corrected chi connectivity index (χ3v) is 2.95. The molecule has 2 aromatic rings. The van der Waals surface area contributed by atoms with Crippen LogP contribution in [0, 0.1) is 6.92 Å². The van der Waals surface area contributed by atoms with E-state index in [2.05, 4.69) is 15.0 Å². The lowest BCUT2D eigenvalue weighted by Gasteiger charge is -2.02. The number of carboxylic acids is 1. The zero-order valence-corrected chi connectivity index (χ0v) is 10.1. The van der Waals surface area contributed by atoms with Crippen LogP contribution in [0.5, 0.6) is 0 Å². The van der Waals surface area contributed by atoms with Crippen molar-refractivity contribution in [3.8, 4) is 0 Å². The first-order valence-corrected chi connectivity index (χ1v) is 5.62. The molecule has 0 saturated carbocycles. The lowest BCUT2D eigenvalue weighted by Crippen LogP contribution is -2.04. The summed E-state index contributed by atoms with van der Waals surface area (Å²) in [5.41, 5.74) is 0.614. The molecule has 0 atom stereocenters. The third-order valence-electron chi connectivity index (χ3n) is 2.01. The van der Waals surface area contributed by atoms with Gasteiger partial charge in [0, 0.05) is 25.1 Å². The largest absolute Gasteiger partial charge is 0.477 e. The fraction of sp³-hybridized carbons (Fsp3) is 0.200. The molecule has 0 bridgehead atoms. The summed E-state index contributed by atoms with van der Waals surface area (Å²) in [6, 6.07) is 1.44. The van der Waals surface area contributed by atoms with E-state index in [1.165, 1.54) is 17.8 Å². The summed E-state index contributed by atoms with van der Waals surface area (Å²) in [6.07, 6.45) is 3.46. The average Bonchev–Trinajstić information content (AvgIpc) is 2.63. The van der Waals surface area contributed by atoms with Gasteiger partial charge < -0.3 is 9.67 Å². The van der Waals surface area contributed by atoms with Crippen molar-refractivity contribution in [1.29, 1.82) is 0 Å². The van der Waals surface area contributed by atoms with Crippen molar-refractivity contribution in [1.82, 2.24) is 19.5 Å². The number of rotatable bonds is 3. The number of carbonyl (C=O) groups is 1. The van der Waals surface area contributed by atoms with Crippen LogP contribution in [0.15, 0.2) is 28.8 Å². The molecule has 0 saturated heterocycles. The Balaban J connectivity index is 2.33. The molecular formula is C10H10N4O2S. The van der Waals surface area contributed by atoms with Crippen molar-refractivity contribution in [3.63, 3.8) is 0 Å². The van der Waals surface area contributed by atoms with Gasteiger partial charge in [-0.05, 0) is 24.8 Å². The maximum atomic E-state index is 10.9. The lowest BCUT2D eigenvalue weighted by molar-refractivity contribution is 0.0689. The number of nitrogens with zero attached hydrogens (tertiary/aromatic N) is 4. The number of carboxylic acid groups (broad SMARTS) is 1. The van der Waals surface area contributed by atoms with Crippen LogP contribution in [0.4, 0.5) is 0 Å². The molecule has 88 valence electrons. The number of hydrogen-bond acceptors (Lipinski definition) is 5. The predicted molar refractivity (Wildman–Crippen MR) is 61.1 cm³/mol. The van der Waals surface area contributed by atoms with Gasteiger partial charge in [-0.1, -0.05) is 0 Å². The van der Waals surface area contributed by atoms with Gasteiger partial charge >= 0.3 is 5.97 Å². The molecule has 2 rings (SSSR count). The van der Waals surface area contributed by atoms with Crippen molar-refractivity contribution in [3.05, 3.63) is 29.8 Å². The van der Waals surface area contributed by atoms with Crippen molar-refractivity contribution in [2.24, 2.45) is 7.05 Å². The molecule has 0 aromatic carbocycles.